The maximum atomic E-state index is 13.4. The lowest BCUT2D eigenvalue weighted by molar-refractivity contribution is 0.0145. The van der Waals surface area contributed by atoms with Gasteiger partial charge in [0.1, 0.15) is 33.3 Å². The van der Waals surface area contributed by atoms with Crippen LogP contribution < -0.4 is 18.9 Å². The zero-order valence-corrected chi connectivity index (χ0v) is 34.3. The van der Waals surface area contributed by atoms with Crippen LogP contribution in [-0.2, 0) is 41.4 Å². The first-order chi connectivity index (χ1) is 28.9. The normalized spacial score (nSPS) is 13.6. The lowest BCUT2D eigenvalue weighted by Gasteiger charge is -2.39. The molecule has 0 spiro atoms. The fourth-order valence-corrected chi connectivity index (χ4v) is 8.57. The van der Waals surface area contributed by atoms with E-state index in [0.717, 1.165) is 25.8 Å². The molecular weight excluding hydrogens is 863 g/mol. The van der Waals surface area contributed by atoms with Gasteiger partial charge in [0.15, 0.2) is 0 Å². The fourth-order valence-electron chi connectivity index (χ4n) is 6.10. The molecule has 3 N–H and O–H groups in total. The number of aromatic nitrogens is 4. The molecule has 4 aromatic carbocycles. The zero-order valence-electron chi connectivity index (χ0n) is 31.9. The van der Waals surface area contributed by atoms with E-state index in [1.165, 1.54) is 101 Å². The summed E-state index contributed by atoms with van der Waals surface area (Å²) in [6, 6.07) is 18.8. The molecular formula is C38H34F2N8O10S3. The van der Waals surface area contributed by atoms with Crippen molar-refractivity contribution in [3.63, 3.8) is 0 Å². The predicted molar refractivity (Wildman–Crippen MR) is 215 cm³/mol. The maximum absolute atomic E-state index is 13.4. The van der Waals surface area contributed by atoms with Gasteiger partial charge in [0.2, 0.25) is 10.0 Å². The van der Waals surface area contributed by atoms with Crippen LogP contribution in [0.2, 0.25) is 0 Å². The molecule has 0 atom stereocenters. The summed E-state index contributed by atoms with van der Waals surface area (Å²) < 4.78 is 124. The number of anilines is 2. The van der Waals surface area contributed by atoms with Crippen LogP contribution in [0.4, 0.5) is 20.2 Å². The number of nitrogens with zero attached hydrogens (tertiary/aromatic N) is 5. The molecule has 61 heavy (non-hydrogen) atoms. The third-order valence-electron chi connectivity index (χ3n) is 9.05. The van der Waals surface area contributed by atoms with Crippen LogP contribution in [0, 0.1) is 11.6 Å². The van der Waals surface area contributed by atoms with Crippen molar-refractivity contribution in [3.05, 3.63) is 138 Å². The van der Waals surface area contributed by atoms with Crippen molar-refractivity contribution in [2.45, 2.75) is 22.4 Å². The number of ether oxygens (including phenoxy) is 2. The van der Waals surface area contributed by atoms with E-state index < -0.39 is 59.7 Å². The number of hydrogen-bond acceptors (Lipinski definition) is 13. The second-order valence-corrected chi connectivity index (χ2v) is 18.7. The number of carbonyl (C=O) groups excluding carboxylic acids is 2. The summed E-state index contributed by atoms with van der Waals surface area (Å²) in [6.45, 7) is 1.02. The van der Waals surface area contributed by atoms with Gasteiger partial charge in [-0.05, 0) is 84.4 Å². The topological polar surface area (TPSA) is 230 Å². The Balaban J connectivity index is 1.02. The predicted octanol–water partition coefficient (Wildman–Crippen LogP) is 3.68. The van der Waals surface area contributed by atoms with E-state index in [9.17, 15) is 43.6 Å². The highest BCUT2D eigenvalue weighted by atomic mass is 32.2. The van der Waals surface area contributed by atoms with Gasteiger partial charge in [-0.25, -0.2) is 52.9 Å². The number of carbonyl (C=O) groups is 2. The first kappa shape index (κ1) is 42.4. The maximum Gasteiger partial charge on any atom is 0.340 e. The molecule has 18 nitrogen and oxygen atoms in total. The summed E-state index contributed by atoms with van der Waals surface area (Å²) in [7, 11) is -11.5. The number of rotatable bonds is 15. The highest BCUT2D eigenvalue weighted by molar-refractivity contribution is 7.93. The summed E-state index contributed by atoms with van der Waals surface area (Å²) in [6.07, 6.45) is 4.91. The van der Waals surface area contributed by atoms with Crippen molar-refractivity contribution in [3.8, 4) is 17.1 Å². The number of esters is 1. The number of sulfonamides is 3. The van der Waals surface area contributed by atoms with Gasteiger partial charge in [-0.3, -0.25) is 19.1 Å². The third kappa shape index (κ3) is 10.0. The van der Waals surface area contributed by atoms with E-state index in [0.29, 0.717) is 36.6 Å². The second-order valence-electron chi connectivity index (χ2n) is 13.6. The standard InChI is InChI=1S/C38H34F2N8O10S3/c1-57-38(50)34-15-24(3-13-36(34)44-61(55,56)32-18-42-48(23-32)28-10-6-26(40)7-11-28)19-46-20-30(21-46)58-29-12-14-35(33(16-29)37(49)45-59(2,51)52)43-60(53,54)31-17-41-47(22-31)27-8-4-25(39)5-9-27/h3-18,22-23,30,43-44H,19-21H2,1-2H3,(H,45,49). The molecule has 0 bridgehead atoms. The van der Waals surface area contributed by atoms with Crippen LogP contribution in [0.25, 0.3) is 11.4 Å². The Bertz CT molecular complexity index is 2970. The first-order valence-corrected chi connectivity index (χ1v) is 22.6. The SMILES string of the molecule is COC(=O)c1cc(CN2CC(Oc3ccc(NS(=O)(=O)c4cnn(-c5ccc(F)cc5)c4)c(C(=O)NS(C)(=O)=O)c3)C2)ccc1NS(=O)(=O)c1cnn(-c2ccc(F)cc2)c1. The third-order valence-corrected chi connectivity index (χ3v) is 12.2. The number of hydrogen-bond donors (Lipinski definition) is 3. The molecule has 1 aliphatic heterocycles. The zero-order chi connectivity index (χ0) is 43.7. The van der Waals surface area contributed by atoms with Gasteiger partial charge in [-0.1, -0.05) is 6.07 Å². The summed E-state index contributed by atoms with van der Waals surface area (Å²) >= 11 is 0. The van der Waals surface area contributed by atoms with Crippen molar-refractivity contribution in [1.82, 2.24) is 29.2 Å². The quantitative estimate of drug-likeness (QED) is 0.125. The second kappa shape index (κ2) is 16.8. The van der Waals surface area contributed by atoms with Crippen molar-refractivity contribution in [1.29, 1.82) is 0 Å². The Labute approximate surface area is 347 Å². The number of benzene rings is 4. The lowest BCUT2D eigenvalue weighted by atomic mass is 10.1. The first-order valence-electron chi connectivity index (χ1n) is 17.8. The van der Waals surface area contributed by atoms with E-state index in [-0.39, 0.29) is 38.0 Å². The number of methoxy groups -OCH3 is 1. The largest absolute Gasteiger partial charge is 0.488 e. The molecule has 1 aliphatic rings. The van der Waals surface area contributed by atoms with Gasteiger partial charge >= 0.3 is 5.97 Å². The van der Waals surface area contributed by atoms with E-state index in [1.807, 2.05) is 9.62 Å². The molecule has 1 saturated heterocycles. The Morgan fingerprint density at radius 3 is 1.74 bits per heavy atom. The molecule has 1 fully saturated rings. The van der Waals surface area contributed by atoms with Crippen LogP contribution in [0.3, 0.4) is 0 Å². The molecule has 0 aliphatic carbocycles. The number of likely N-dealkylation sites (tertiary alicyclic amines) is 1. The summed E-state index contributed by atoms with van der Waals surface area (Å²) in [5.74, 6) is -2.76. The van der Waals surface area contributed by atoms with Crippen LogP contribution in [-0.4, -0.2) is 94.1 Å². The van der Waals surface area contributed by atoms with Gasteiger partial charge in [-0.2, -0.15) is 10.2 Å². The fraction of sp³-hybridized carbons (Fsp3) is 0.158. The Morgan fingerprint density at radius 1 is 0.721 bits per heavy atom. The highest BCUT2D eigenvalue weighted by Crippen LogP contribution is 2.29. The minimum Gasteiger partial charge on any atom is -0.488 e. The van der Waals surface area contributed by atoms with Crippen molar-refractivity contribution < 1.29 is 53.1 Å². The highest BCUT2D eigenvalue weighted by Gasteiger charge is 2.30. The molecule has 318 valence electrons. The Kier molecular flexibility index (Phi) is 11.7. The van der Waals surface area contributed by atoms with Crippen LogP contribution >= 0.6 is 0 Å². The molecule has 23 heteroatoms. The lowest BCUT2D eigenvalue weighted by Crippen LogP contribution is -2.53. The number of nitrogens with one attached hydrogen (secondary N) is 3. The van der Waals surface area contributed by atoms with Crippen LogP contribution in [0.1, 0.15) is 26.3 Å². The molecule has 6 aromatic rings. The Hall–Kier alpha value is -6.69. The minimum absolute atomic E-state index is 0.0449. The van der Waals surface area contributed by atoms with Gasteiger partial charge in [-0.15, -0.1) is 0 Å². The number of amides is 1. The van der Waals surface area contributed by atoms with E-state index in [2.05, 4.69) is 19.6 Å². The Morgan fingerprint density at radius 2 is 1.23 bits per heavy atom. The summed E-state index contributed by atoms with van der Waals surface area (Å²) in [5, 5.41) is 8.06. The van der Waals surface area contributed by atoms with Gasteiger partial charge in [0.05, 0.1) is 72.0 Å². The van der Waals surface area contributed by atoms with Crippen LogP contribution in [0.15, 0.2) is 120 Å². The van der Waals surface area contributed by atoms with Gasteiger partial charge < -0.3 is 9.47 Å². The van der Waals surface area contributed by atoms with Crippen molar-refractivity contribution in [2.24, 2.45) is 0 Å². The summed E-state index contributed by atoms with van der Waals surface area (Å²) in [4.78, 5) is 27.3. The smallest absolute Gasteiger partial charge is 0.340 e. The van der Waals surface area contributed by atoms with Crippen molar-refractivity contribution >= 4 is 53.3 Å². The minimum atomic E-state index is -4.38. The number of halogens is 2. The van der Waals surface area contributed by atoms with Crippen molar-refractivity contribution in [2.75, 3.05) is 35.9 Å². The van der Waals surface area contributed by atoms with E-state index >= 15 is 0 Å². The van der Waals surface area contributed by atoms with E-state index in [1.54, 1.807) is 6.07 Å². The van der Waals surface area contributed by atoms with Crippen LogP contribution in [0.5, 0.6) is 5.75 Å². The molecule has 3 heterocycles. The van der Waals surface area contributed by atoms with E-state index in [4.69, 9.17) is 9.47 Å². The molecule has 1 amide bonds. The molecule has 0 unspecified atom stereocenters. The molecule has 0 saturated carbocycles. The molecule has 2 aromatic heterocycles. The monoisotopic (exact) mass is 896 g/mol. The average molecular weight is 897 g/mol. The molecule has 0 radical (unpaired) electrons. The van der Waals surface area contributed by atoms with Gasteiger partial charge in [0, 0.05) is 19.6 Å². The summed E-state index contributed by atoms with van der Waals surface area (Å²) in [5.41, 5.74) is 0.714. The van der Waals surface area contributed by atoms with Gasteiger partial charge in [0.25, 0.3) is 26.0 Å². The molecule has 7 rings (SSSR count). The average Bonchev–Trinajstić information content (AvgIpc) is 3.90.